The third-order valence-electron chi connectivity index (χ3n) is 4.28. The Morgan fingerprint density at radius 2 is 1.56 bits per heavy atom. The molecule has 0 unspecified atom stereocenters. The Bertz CT molecular complexity index is 746. The zero-order valence-corrected chi connectivity index (χ0v) is 21.6. The lowest BCUT2D eigenvalue weighted by molar-refractivity contribution is 0.153. The number of hydrogen-bond acceptors (Lipinski definition) is 5. The highest BCUT2D eigenvalue weighted by molar-refractivity contribution is 6.56. The van der Waals surface area contributed by atoms with Gasteiger partial charge in [0.15, 0.2) is 0 Å². The molecule has 0 aliphatic rings. The van der Waals surface area contributed by atoms with E-state index in [1.807, 2.05) is 19.1 Å². The molecular formula is C23H31Cl4NO4. The monoisotopic (exact) mass is 525 g/mol. The summed E-state index contributed by atoms with van der Waals surface area (Å²) in [6.45, 7) is 6.48. The van der Waals surface area contributed by atoms with Crippen LogP contribution in [0.1, 0.15) is 43.7 Å². The molecule has 0 bridgehead atoms. The Kier molecular flexibility index (Phi) is 16.6. The van der Waals surface area contributed by atoms with Crippen LogP contribution >= 0.6 is 46.4 Å². The predicted molar refractivity (Wildman–Crippen MR) is 135 cm³/mol. The van der Waals surface area contributed by atoms with Crippen LogP contribution in [0.4, 0.5) is 0 Å². The topological polar surface area (TPSA) is 49.3 Å². The van der Waals surface area contributed by atoms with E-state index in [9.17, 15) is 0 Å². The molecule has 0 aromatic heterocycles. The molecule has 0 aliphatic heterocycles. The van der Waals surface area contributed by atoms with E-state index >= 15 is 0 Å². The van der Waals surface area contributed by atoms with Gasteiger partial charge in [-0.3, -0.25) is 0 Å². The van der Waals surface area contributed by atoms with Crippen LogP contribution in [0.2, 0.25) is 0 Å². The smallest absolute Gasteiger partial charge is 0.138 e. The van der Waals surface area contributed by atoms with Gasteiger partial charge in [0.2, 0.25) is 0 Å². The van der Waals surface area contributed by atoms with Crippen molar-refractivity contribution in [3.63, 3.8) is 0 Å². The van der Waals surface area contributed by atoms with Crippen molar-refractivity contribution in [1.29, 1.82) is 0 Å². The molecule has 1 aromatic rings. The summed E-state index contributed by atoms with van der Waals surface area (Å²) in [7, 11) is 0. The van der Waals surface area contributed by atoms with Gasteiger partial charge in [0.05, 0.1) is 19.4 Å². The van der Waals surface area contributed by atoms with Crippen LogP contribution in [0.25, 0.3) is 0 Å². The van der Waals surface area contributed by atoms with Crippen LogP contribution < -0.4 is 9.47 Å². The third-order valence-corrected chi connectivity index (χ3v) is 4.89. The van der Waals surface area contributed by atoms with E-state index in [1.165, 1.54) is 6.08 Å². The Morgan fingerprint density at radius 3 is 2.25 bits per heavy atom. The summed E-state index contributed by atoms with van der Waals surface area (Å²) in [6.07, 6.45) is 9.70. The van der Waals surface area contributed by atoms with E-state index in [4.69, 9.17) is 65.5 Å². The van der Waals surface area contributed by atoms with Gasteiger partial charge in [0.25, 0.3) is 0 Å². The molecule has 0 fully saturated rings. The Balaban J connectivity index is 2.19. The van der Waals surface area contributed by atoms with Crippen molar-refractivity contribution in [1.82, 2.24) is 0 Å². The van der Waals surface area contributed by atoms with Crippen LogP contribution in [-0.4, -0.2) is 39.2 Å². The Hall–Kier alpha value is -1.11. The Morgan fingerprint density at radius 1 is 0.875 bits per heavy atom. The molecule has 0 heterocycles. The second kappa shape index (κ2) is 18.3. The van der Waals surface area contributed by atoms with Gasteiger partial charge < -0.3 is 19.0 Å². The quantitative estimate of drug-likeness (QED) is 0.119. The van der Waals surface area contributed by atoms with Crippen LogP contribution in [-0.2, 0) is 16.0 Å². The third kappa shape index (κ3) is 14.1. The van der Waals surface area contributed by atoms with E-state index in [1.54, 1.807) is 12.3 Å². The molecule has 0 amide bonds. The van der Waals surface area contributed by atoms with Crippen molar-refractivity contribution in [3.05, 3.63) is 44.4 Å². The van der Waals surface area contributed by atoms with Gasteiger partial charge in [-0.15, -0.1) is 0 Å². The molecule has 32 heavy (non-hydrogen) atoms. The highest BCUT2D eigenvalue weighted by Crippen LogP contribution is 2.30. The molecule has 0 atom stereocenters. The molecule has 0 radical (unpaired) electrons. The predicted octanol–water partition coefficient (Wildman–Crippen LogP) is 7.53. The molecule has 1 aromatic carbocycles. The fraction of sp³-hybridized carbons (Fsp3) is 0.522. The molecule has 1 rings (SSSR count). The number of halogens is 4. The molecule has 0 spiro atoms. The minimum Gasteiger partial charge on any atom is -0.493 e. The summed E-state index contributed by atoms with van der Waals surface area (Å²) in [5.41, 5.74) is 2.18. The van der Waals surface area contributed by atoms with Crippen molar-refractivity contribution in [3.8, 4) is 11.5 Å². The summed E-state index contributed by atoms with van der Waals surface area (Å²) in [5, 5.41) is 3.73. The number of rotatable bonds is 17. The summed E-state index contributed by atoms with van der Waals surface area (Å²) >= 11 is 22.1. The van der Waals surface area contributed by atoms with Crippen LogP contribution in [0.3, 0.4) is 0 Å². The fourth-order valence-corrected chi connectivity index (χ4v) is 3.01. The number of unbranched alkanes of at least 4 members (excludes halogenated alkanes) is 3. The van der Waals surface area contributed by atoms with Gasteiger partial charge in [-0.2, -0.15) is 0 Å². The molecule has 0 saturated carbocycles. The largest absolute Gasteiger partial charge is 0.493 e. The highest BCUT2D eigenvalue weighted by atomic mass is 35.5. The maximum atomic E-state index is 6.07. The van der Waals surface area contributed by atoms with E-state index in [0.717, 1.165) is 54.7 Å². The molecule has 9 heteroatoms. The second-order valence-corrected chi connectivity index (χ2v) is 8.82. The summed E-state index contributed by atoms with van der Waals surface area (Å²) in [6, 6.07) is 3.98. The van der Waals surface area contributed by atoms with E-state index < -0.39 is 0 Å². The van der Waals surface area contributed by atoms with E-state index in [0.29, 0.717) is 26.4 Å². The Labute approximate surface area is 211 Å². The van der Waals surface area contributed by atoms with Gasteiger partial charge in [0.1, 0.15) is 33.7 Å². The number of oxime groups is 1. The second-order valence-electron chi connectivity index (χ2n) is 6.80. The molecular weight excluding hydrogens is 496 g/mol. The maximum Gasteiger partial charge on any atom is 0.138 e. The minimum atomic E-state index is 0.160. The first-order valence-electron chi connectivity index (χ1n) is 10.6. The first-order valence-corrected chi connectivity index (χ1v) is 12.1. The molecule has 180 valence electrons. The summed E-state index contributed by atoms with van der Waals surface area (Å²) < 4.78 is 17.6. The maximum absolute atomic E-state index is 6.07. The zero-order valence-electron chi connectivity index (χ0n) is 18.5. The molecule has 5 nitrogen and oxygen atoms in total. The first-order chi connectivity index (χ1) is 15.4. The first kappa shape index (κ1) is 28.9. The average Bonchev–Trinajstić information content (AvgIpc) is 2.74. The van der Waals surface area contributed by atoms with Crippen molar-refractivity contribution in [2.45, 2.75) is 46.0 Å². The lowest BCUT2D eigenvalue weighted by atomic mass is 10.1. The zero-order chi connectivity index (χ0) is 23.6. The highest BCUT2D eigenvalue weighted by Gasteiger charge is 2.09. The van der Waals surface area contributed by atoms with Gasteiger partial charge in [-0.25, -0.2) is 0 Å². The number of ether oxygens (including phenoxy) is 3. The minimum absolute atomic E-state index is 0.160. The number of aryl methyl sites for hydroxylation is 2. The van der Waals surface area contributed by atoms with E-state index in [2.05, 4.69) is 12.1 Å². The van der Waals surface area contributed by atoms with Crippen LogP contribution in [0.5, 0.6) is 11.5 Å². The number of nitrogens with zero attached hydrogens (tertiary/aromatic N) is 1. The van der Waals surface area contributed by atoms with E-state index in [-0.39, 0.29) is 15.6 Å². The van der Waals surface area contributed by atoms with Gasteiger partial charge in [0, 0.05) is 6.61 Å². The van der Waals surface area contributed by atoms with Gasteiger partial charge in [-0.1, -0.05) is 64.9 Å². The molecule has 0 aliphatic carbocycles. The van der Waals surface area contributed by atoms with Crippen molar-refractivity contribution < 1.29 is 19.0 Å². The number of hydrogen-bond donors (Lipinski definition) is 0. The van der Waals surface area contributed by atoms with Crippen molar-refractivity contribution in [2.75, 3.05) is 33.0 Å². The fourth-order valence-electron chi connectivity index (χ4n) is 2.76. The van der Waals surface area contributed by atoms with Gasteiger partial charge in [-0.05, 0) is 68.0 Å². The van der Waals surface area contributed by atoms with Crippen LogP contribution in [0.15, 0.2) is 38.4 Å². The van der Waals surface area contributed by atoms with Gasteiger partial charge >= 0.3 is 0 Å². The van der Waals surface area contributed by atoms with Crippen molar-refractivity contribution >= 4 is 52.6 Å². The SMILES string of the molecule is CCc1cc(OCC=C(Cl)Cl)cc(C)c1OCCCCCCOC/C=N/OCC=C(Cl)Cl. The molecule has 0 N–H and O–H groups in total. The normalized spacial score (nSPS) is 10.8. The molecule has 0 saturated heterocycles. The van der Waals surface area contributed by atoms with Crippen molar-refractivity contribution in [2.24, 2.45) is 5.16 Å². The summed E-state index contributed by atoms with van der Waals surface area (Å²) in [4.78, 5) is 4.92. The average molecular weight is 527 g/mol. The number of benzene rings is 1. The summed E-state index contributed by atoms with van der Waals surface area (Å²) in [5.74, 6) is 1.73. The lowest BCUT2D eigenvalue weighted by Crippen LogP contribution is -2.04. The lowest BCUT2D eigenvalue weighted by Gasteiger charge is -2.15. The van der Waals surface area contributed by atoms with Crippen LogP contribution in [0, 0.1) is 6.92 Å². The standard InChI is InChI=1S/C23H31Cl4NO4/c1-3-19-17-20(30-13-8-21(24)25)16-18(2)23(19)31-12-7-5-4-6-11-29-15-10-28-32-14-9-22(26)27/h8-10,16-17H,3-7,11-15H2,1-2H3/b28-10+.